The van der Waals surface area contributed by atoms with Gasteiger partial charge in [-0.05, 0) is 42.7 Å². The lowest BCUT2D eigenvalue weighted by Gasteiger charge is -2.13. The molecule has 0 aliphatic carbocycles. The minimum Gasteiger partial charge on any atom is -0.288 e. The molecule has 0 bridgehead atoms. The molecule has 0 fully saturated rings. The van der Waals surface area contributed by atoms with Gasteiger partial charge in [-0.1, -0.05) is 36.8 Å². The van der Waals surface area contributed by atoms with Crippen molar-refractivity contribution < 1.29 is 18.4 Å². The maximum absolute atomic E-state index is 12.5. The molecular formula is C17H19NO4S. The normalized spacial score (nSPS) is 12.7. The second kappa shape index (κ2) is 6.93. The number of nitrogens with one attached hydrogen (secondary N) is 1. The predicted octanol–water partition coefficient (Wildman–Crippen LogP) is 2.69. The van der Waals surface area contributed by atoms with Crippen LogP contribution in [0, 0.1) is 6.92 Å². The molecule has 0 spiro atoms. The van der Waals surface area contributed by atoms with Crippen LogP contribution in [0.25, 0.3) is 0 Å². The Morgan fingerprint density at radius 1 is 1.09 bits per heavy atom. The van der Waals surface area contributed by atoms with Crippen LogP contribution in [0.1, 0.15) is 34.3 Å². The minimum absolute atomic E-state index is 0.0123. The fourth-order valence-corrected chi connectivity index (χ4v) is 3.89. The molecule has 2 rings (SSSR count). The second-order valence-corrected chi connectivity index (χ2v) is 7.59. The zero-order valence-corrected chi connectivity index (χ0v) is 13.8. The first-order chi connectivity index (χ1) is 10.8. The summed E-state index contributed by atoms with van der Waals surface area (Å²) in [6, 6.07) is 13.3. The van der Waals surface area contributed by atoms with Gasteiger partial charge >= 0.3 is 0 Å². The molecule has 0 radical (unpaired) electrons. The number of carbonyl (C=O) groups excluding carboxylic acids is 1. The summed E-state index contributed by atoms with van der Waals surface area (Å²) in [5, 5.41) is 8.59. The van der Waals surface area contributed by atoms with E-state index in [9.17, 15) is 13.2 Å². The molecule has 0 unspecified atom stereocenters. The molecule has 0 saturated carbocycles. The lowest BCUT2D eigenvalue weighted by Crippen LogP contribution is -2.18. The maximum atomic E-state index is 12.5. The summed E-state index contributed by atoms with van der Waals surface area (Å²) < 4.78 is 24.9. The minimum atomic E-state index is -3.37. The molecule has 23 heavy (non-hydrogen) atoms. The molecule has 0 aliphatic rings. The number of hydrogen-bond donors (Lipinski definition) is 2. The number of carbonyl (C=O) groups is 1. The van der Waals surface area contributed by atoms with Crippen LogP contribution in [0.4, 0.5) is 0 Å². The summed E-state index contributed by atoms with van der Waals surface area (Å²) in [6.07, 6.45) is 0. The van der Waals surface area contributed by atoms with Crippen LogP contribution in [0.2, 0.25) is 0 Å². The number of hydroxylamine groups is 1. The average Bonchev–Trinajstić information content (AvgIpc) is 2.54. The highest BCUT2D eigenvalue weighted by molar-refractivity contribution is 7.91. The van der Waals surface area contributed by atoms with Crippen LogP contribution in [-0.4, -0.2) is 25.3 Å². The van der Waals surface area contributed by atoms with Gasteiger partial charge in [0, 0.05) is 5.56 Å². The SMILES string of the molecule is Cc1ccc(S(=O)(=O)C[C@H](C)c2ccc(C(=O)NO)cc2)cc1. The summed E-state index contributed by atoms with van der Waals surface area (Å²) in [4.78, 5) is 11.6. The average molecular weight is 333 g/mol. The highest BCUT2D eigenvalue weighted by atomic mass is 32.2. The van der Waals surface area contributed by atoms with Gasteiger partial charge in [0.25, 0.3) is 5.91 Å². The number of rotatable bonds is 5. The lowest BCUT2D eigenvalue weighted by atomic mass is 10.0. The third kappa shape index (κ3) is 4.18. The molecule has 0 saturated heterocycles. The first kappa shape index (κ1) is 17.2. The quantitative estimate of drug-likeness (QED) is 0.651. The van der Waals surface area contributed by atoms with Gasteiger partial charge in [0.2, 0.25) is 0 Å². The standard InChI is InChI=1S/C17H19NO4S/c1-12-3-9-16(10-4-12)23(21,22)11-13(2)14-5-7-15(8-6-14)17(19)18-20/h3-10,13,20H,11H2,1-2H3,(H,18,19)/t13-/m0/s1. The van der Waals surface area contributed by atoms with E-state index in [2.05, 4.69) is 0 Å². The van der Waals surface area contributed by atoms with Crippen molar-refractivity contribution in [3.63, 3.8) is 0 Å². The number of aryl methyl sites for hydroxylation is 1. The third-order valence-electron chi connectivity index (χ3n) is 3.69. The van der Waals surface area contributed by atoms with Crippen molar-refractivity contribution in [2.75, 3.05) is 5.75 Å². The van der Waals surface area contributed by atoms with Crippen molar-refractivity contribution in [3.8, 4) is 0 Å². The summed E-state index contributed by atoms with van der Waals surface area (Å²) in [5.41, 5.74) is 3.69. The van der Waals surface area contributed by atoms with Gasteiger partial charge in [0.1, 0.15) is 0 Å². The highest BCUT2D eigenvalue weighted by Gasteiger charge is 2.19. The maximum Gasteiger partial charge on any atom is 0.274 e. The topological polar surface area (TPSA) is 83.5 Å². The van der Waals surface area contributed by atoms with E-state index in [1.807, 2.05) is 13.8 Å². The Hall–Kier alpha value is -2.18. The Labute approximate surface area is 135 Å². The van der Waals surface area contributed by atoms with Crippen LogP contribution in [-0.2, 0) is 9.84 Å². The van der Waals surface area contributed by atoms with E-state index in [0.717, 1.165) is 11.1 Å². The fourth-order valence-electron chi connectivity index (χ4n) is 2.29. The molecule has 2 aromatic carbocycles. The van der Waals surface area contributed by atoms with E-state index in [0.29, 0.717) is 10.5 Å². The van der Waals surface area contributed by atoms with Gasteiger partial charge < -0.3 is 0 Å². The van der Waals surface area contributed by atoms with Crippen LogP contribution < -0.4 is 5.48 Å². The molecule has 0 aromatic heterocycles. The molecule has 2 N–H and O–H groups in total. The van der Waals surface area contributed by atoms with Crippen LogP contribution in [0.3, 0.4) is 0 Å². The molecule has 0 aliphatic heterocycles. The number of benzene rings is 2. The van der Waals surface area contributed by atoms with Crippen LogP contribution in [0.15, 0.2) is 53.4 Å². The van der Waals surface area contributed by atoms with Gasteiger partial charge in [-0.2, -0.15) is 0 Å². The lowest BCUT2D eigenvalue weighted by molar-refractivity contribution is 0.0706. The van der Waals surface area contributed by atoms with Crippen molar-refractivity contribution in [2.45, 2.75) is 24.7 Å². The van der Waals surface area contributed by atoms with E-state index in [1.54, 1.807) is 54.0 Å². The van der Waals surface area contributed by atoms with Crippen LogP contribution >= 0.6 is 0 Å². The Morgan fingerprint density at radius 2 is 1.65 bits per heavy atom. The number of sulfone groups is 1. The smallest absolute Gasteiger partial charge is 0.274 e. The van der Waals surface area contributed by atoms with Crippen molar-refractivity contribution >= 4 is 15.7 Å². The molecule has 1 amide bonds. The summed E-state index contributed by atoms with van der Waals surface area (Å²) in [6.45, 7) is 3.73. The third-order valence-corrected chi connectivity index (χ3v) is 5.62. The van der Waals surface area contributed by atoms with Crippen molar-refractivity contribution in [1.29, 1.82) is 0 Å². The molecule has 5 nitrogen and oxygen atoms in total. The largest absolute Gasteiger partial charge is 0.288 e. The van der Waals surface area contributed by atoms with Gasteiger partial charge in [-0.15, -0.1) is 0 Å². The molecule has 6 heteroatoms. The van der Waals surface area contributed by atoms with E-state index < -0.39 is 15.7 Å². The summed E-state index contributed by atoms with van der Waals surface area (Å²) in [7, 11) is -3.37. The molecular weight excluding hydrogens is 314 g/mol. The fraction of sp³-hybridized carbons (Fsp3) is 0.235. The van der Waals surface area contributed by atoms with Gasteiger partial charge in [-0.3, -0.25) is 10.0 Å². The zero-order valence-electron chi connectivity index (χ0n) is 13.0. The Bertz CT molecular complexity index is 780. The zero-order chi connectivity index (χ0) is 17.0. The Morgan fingerprint density at radius 3 is 2.17 bits per heavy atom. The van der Waals surface area contributed by atoms with Crippen LogP contribution in [0.5, 0.6) is 0 Å². The van der Waals surface area contributed by atoms with E-state index >= 15 is 0 Å². The summed E-state index contributed by atoms with van der Waals surface area (Å²) >= 11 is 0. The Balaban J connectivity index is 2.16. The van der Waals surface area contributed by atoms with Crippen molar-refractivity contribution in [3.05, 3.63) is 65.2 Å². The number of hydrogen-bond acceptors (Lipinski definition) is 4. The van der Waals surface area contributed by atoms with E-state index in [1.165, 1.54) is 0 Å². The second-order valence-electron chi connectivity index (χ2n) is 5.56. The van der Waals surface area contributed by atoms with Crippen molar-refractivity contribution in [2.24, 2.45) is 0 Å². The van der Waals surface area contributed by atoms with Gasteiger partial charge in [0.05, 0.1) is 10.6 Å². The van der Waals surface area contributed by atoms with E-state index in [4.69, 9.17) is 5.21 Å². The first-order valence-corrected chi connectivity index (χ1v) is 8.82. The van der Waals surface area contributed by atoms with Gasteiger partial charge in [0.15, 0.2) is 9.84 Å². The van der Waals surface area contributed by atoms with Gasteiger partial charge in [-0.25, -0.2) is 13.9 Å². The monoisotopic (exact) mass is 333 g/mol. The Kier molecular flexibility index (Phi) is 5.18. The molecule has 122 valence electrons. The number of amides is 1. The molecule has 1 atom stereocenters. The summed E-state index contributed by atoms with van der Waals surface area (Å²) in [5.74, 6) is -0.828. The molecule has 2 aromatic rings. The highest BCUT2D eigenvalue weighted by Crippen LogP contribution is 2.22. The predicted molar refractivity (Wildman–Crippen MR) is 87.3 cm³/mol. The molecule has 0 heterocycles. The van der Waals surface area contributed by atoms with E-state index in [-0.39, 0.29) is 11.7 Å². The first-order valence-electron chi connectivity index (χ1n) is 7.17. The van der Waals surface area contributed by atoms with Crippen molar-refractivity contribution in [1.82, 2.24) is 5.48 Å².